The van der Waals surface area contributed by atoms with Crippen LogP contribution in [0, 0.1) is 0 Å². The molecule has 1 N–H and O–H groups in total. The van der Waals surface area contributed by atoms with Crippen molar-refractivity contribution in [1.82, 2.24) is 4.98 Å². The van der Waals surface area contributed by atoms with Crippen molar-refractivity contribution in [3.8, 4) is 5.75 Å². The molecule has 23 heavy (non-hydrogen) atoms. The maximum Gasteiger partial charge on any atom is 0.118 e. The first-order valence-corrected chi connectivity index (χ1v) is 7.57. The van der Waals surface area contributed by atoms with Crippen LogP contribution in [0.4, 0.5) is 0 Å². The molecule has 0 unspecified atom stereocenters. The maximum atomic E-state index is 11.0. The molecule has 3 aromatic rings. The lowest BCUT2D eigenvalue weighted by molar-refractivity contribution is 0.157. The number of hydrogen-bond acceptors (Lipinski definition) is 3. The number of pyridine rings is 1. The molecule has 0 fully saturated rings. The van der Waals surface area contributed by atoms with Crippen LogP contribution in [-0.4, -0.2) is 17.2 Å². The highest BCUT2D eigenvalue weighted by Crippen LogP contribution is 2.36. The van der Waals surface area contributed by atoms with Gasteiger partial charge in [0.1, 0.15) is 5.75 Å². The summed E-state index contributed by atoms with van der Waals surface area (Å²) < 4.78 is 5.18. The fourth-order valence-corrected chi connectivity index (χ4v) is 2.73. The van der Waals surface area contributed by atoms with Crippen molar-refractivity contribution < 1.29 is 9.84 Å². The van der Waals surface area contributed by atoms with Crippen molar-refractivity contribution in [2.75, 3.05) is 7.11 Å². The topological polar surface area (TPSA) is 42.4 Å². The fourth-order valence-electron chi connectivity index (χ4n) is 2.73. The van der Waals surface area contributed by atoms with E-state index in [1.807, 2.05) is 72.8 Å². The average Bonchev–Trinajstić information content (AvgIpc) is 2.64. The largest absolute Gasteiger partial charge is 0.497 e. The number of hydrogen-bond donors (Lipinski definition) is 1. The van der Waals surface area contributed by atoms with E-state index < -0.39 is 6.10 Å². The molecule has 0 aliphatic heterocycles. The Balaban J connectivity index is 2.00. The van der Waals surface area contributed by atoms with Gasteiger partial charge < -0.3 is 9.84 Å². The average molecular weight is 305 g/mol. The van der Waals surface area contributed by atoms with Crippen molar-refractivity contribution >= 4 is 0 Å². The highest BCUT2D eigenvalue weighted by molar-refractivity contribution is 5.36. The van der Waals surface area contributed by atoms with Gasteiger partial charge >= 0.3 is 0 Å². The summed E-state index contributed by atoms with van der Waals surface area (Å²) >= 11 is 0. The minimum Gasteiger partial charge on any atom is -0.497 e. The predicted molar refractivity (Wildman–Crippen MR) is 90.5 cm³/mol. The molecule has 2 aromatic carbocycles. The van der Waals surface area contributed by atoms with Crippen LogP contribution in [0.15, 0.2) is 79.0 Å². The second-order valence-corrected chi connectivity index (χ2v) is 5.36. The number of ether oxygens (including phenoxy) is 1. The summed E-state index contributed by atoms with van der Waals surface area (Å²) in [7, 11) is 1.63. The molecule has 3 heteroatoms. The zero-order chi connectivity index (χ0) is 16.1. The molecule has 1 aromatic heterocycles. The molecule has 0 amide bonds. The van der Waals surface area contributed by atoms with Crippen LogP contribution in [0.3, 0.4) is 0 Å². The van der Waals surface area contributed by atoms with E-state index in [4.69, 9.17) is 4.74 Å². The highest BCUT2D eigenvalue weighted by Gasteiger charge is 2.25. The number of aliphatic hydroxyl groups excluding tert-OH is 1. The summed E-state index contributed by atoms with van der Waals surface area (Å²) in [4.78, 5) is 4.45. The SMILES string of the molecule is COc1ccc([C@H](O)[C@H](c2ccccc2)c2ccccn2)cc1. The lowest BCUT2D eigenvalue weighted by Gasteiger charge is -2.23. The van der Waals surface area contributed by atoms with Crippen LogP contribution in [0.2, 0.25) is 0 Å². The summed E-state index contributed by atoms with van der Waals surface area (Å²) in [5.74, 6) is 0.556. The molecule has 0 radical (unpaired) electrons. The van der Waals surface area contributed by atoms with E-state index in [1.165, 1.54) is 0 Å². The van der Waals surface area contributed by atoms with Gasteiger partial charge in [-0.3, -0.25) is 4.98 Å². The smallest absolute Gasteiger partial charge is 0.118 e. The van der Waals surface area contributed by atoms with Crippen LogP contribution in [0.1, 0.15) is 28.8 Å². The Bertz CT molecular complexity index is 687. The number of benzene rings is 2. The molecule has 0 saturated carbocycles. The van der Waals surface area contributed by atoms with Gasteiger partial charge in [-0.15, -0.1) is 0 Å². The van der Waals surface area contributed by atoms with E-state index in [-0.39, 0.29) is 5.92 Å². The van der Waals surface area contributed by atoms with Crippen molar-refractivity contribution in [2.45, 2.75) is 12.0 Å². The molecule has 0 saturated heterocycles. The van der Waals surface area contributed by atoms with Gasteiger partial charge in [-0.05, 0) is 35.4 Å². The van der Waals surface area contributed by atoms with Gasteiger partial charge in [0, 0.05) is 6.20 Å². The highest BCUT2D eigenvalue weighted by atomic mass is 16.5. The number of rotatable bonds is 5. The van der Waals surface area contributed by atoms with Crippen LogP contribution in [0.25, 0.3) is 0 Å². The van der Waals surface area contributed by atoms with Gasteiger partial charge in [0.2, 0.25) is 0 Å². The minimum atomic E-state index is -0.682. The third-order valence-electron chi connectivity index (χ3n) is 3.94. The normalized spacial score (nSPS) is 13.3. The van der Waals surface area contributed by atoms with Crippen molar-refractivity contribution in [2.24, 2.45) is 0 Å². The molecule has 0 aliphatic carbocycles. The van der Waals surface area contributed by atoms with Gasteiger partial charge in [-0.2, -0.15) is 0 Å². The lowest BCUT2D eigenvalue weighted by Crippen LogP contribution is -2.13. The van der Waals surface area contributed by atoms with Crippen LogP contribution in [-0.2, 0) is 0 Å². The number of nitrogens with zero attached hydrogens (tertiary/aromatic N) is 1. The fraction of sp³-hybridized carbons (Fsp3) is 0.150. The molecule has 2 atom stereocenters. The first-order valence-electron chi connectivity index (χ1n) is 7.57. The van der Waals surface area contributed by atoms with Crippen molar-refractivity contribution in [3.63, 3.8) is 0 Å². The zero-order valence-corrected chi connectivity index (χ0v) is 13.0. The Morgan fingerprint density at radius 2 is 1.52 bits per heavy atom. The Kier molecular flexibility index (Phi) is 4.69. The quantitative estimate of drug-likeness (QED) is 0.776. The predicted octanol–water partition coefficient (Wildman–Crippen LogP) is 3.96. The zero-order valence-electron chi connectivity index (χ0n) is 13.0. The molecule has 3 nitrogen and oxygen atoms in total. The second kappa shape index (κ2) is 7.07. The molecule has 0 spiro atoms. The van der Waals surface area contributed by atoms with E-state index in [0.29, 0.717) is 0 Å². The third kappa shape index (κ3) is 3.41. The van der Waals surface area contributed by atoms with Gasteiger partial charge in [0.05, 0.1) is 24.8 Å². The first kappa shape index (κ1) is 15.3. The van der Waals surface area contributed by atoms with E-state index in [0.717, 1.165) is 22.6 Å². The van der Waals surface area contributed by atoms with Gasteiger partial charge in [0.15, 0.2) is 0 Å². The maximum absolute atomic E-state index is 11.0. The summed E-state index contributed by atoms with van der Waals surface area (Å²) in [5, 5.41) is 11.0. The monoisotopic (exact) mass is 305 g/mol. The minimum absolute atomic E-state index is 0.217. The lowest BCUT2D eigenvalue weighted by atomic mass is 9.86. The first-order chi connectivity index (χ1) is 11.3. The Morgan fingerprint density at radius 3 is 2.13 bits per heavy atom. The van der Waals surface area contributed by atoms with Crippen LogP contribution in [0.5, 0.6) is 5.75 Å². The standard InChI is InChI=1S/C20H19NO2/c1-23-17-12-10-16(11-13-17)20(22)19(15-7-3-2-4-8-15)18-9-5-6-14-21-18/h2-14,19-20,22H,1H3/t19-,20+/m1/s1. The van der Waals surface area contributed by atoms with E-state index in [1.54, 1.807) is 13.3 Å². The Labute approximate surface area is 136 Å². The van der Waals surface area contributed by atoms with Crippen LogP contribution < -0.4 is 4.74 Å². The molecule has 0 bridgehead atoms. The second-order valence-electron chi connectivity index (χ2n) is 5.36. The molecule has 1 heterocycles. The van der Waals surface area contributed by atoms with Gasteiger partial charge in [-0.1, -0.05) is 48.5 Å². The summed E-state index contributed by atoms with van der Waals surface area (Å²) in [6, 6.07) is 23.2. The van der Waals surface area contributed by atoms with E-state index in [2.05, 4.69) is 4.98 Å². The molecule has 116 valence electrons. The van der Waals surface area contributed by atoms with E-state index in [9.17, 15) is 5.11 Å². The van der Waals surface area contributed by atoms with Gasteiger partial charge in [0.25, 0.3) is 0 Å². The Morgan fingerprint density at radius 1 is 0.826 bits per heavy atom. The molecular weight excluding hydrogens is 286 g/mol. The van der Waals surface area contributed by atoms with E-state index >= 15 is 0 Å². The number of aliphatic hydroxyl groups is 1. The number of aromatic nitrogens is 1. The van der Waals surface area contributed by atoms with Gasteiger partial charge in [-0.25, -0.2) is 0 Å². The molecule has 3 rings (SSSR count). The molecule has 0 aliphatic rings. The Hall–Kier alpha value is -2.65. The summed E-state index contributed by atoms with van der Waals surface area (Å²) in [6.45, 7) is 0. The molecular formula is C20H19NO2. The van der Waals surface area contributed by atoms with Crippen LogP contribution >= 0.6 is 0 Å². The summed E-state index contributed by atoms with van der Waals surface area (Å²) in [5.41, 5.74) is 2.72. The van der Waals surface area contributed by atoms with Crippen molar-refractivity contribution in [3.05, 3.63) is 95.8 Å². The van der Waals surface area contributed by atoms with Crippen molar-refractivity contribution in [1.29, 1.82) is 0 Å². The summed E-state index contributed by atoms with van der Waals surface area (Å²) in [6.07, 6.45) is 1.07. The third-order valence-corrected chi connectivity index (χ3v) is 3.94. The number of methoxy groups -OCH3 is 1.